The molecule has 0 aliphatic heterocycles. The van der Waals surface area contributed by atoms with Crippen molar-refractivity contribution in [3.05, 3.63) is 28.7 Å². The molecule has 15 heavy (non-hydrogen) atoms. The first-order chi connectivity index (χ1) is 7.13. The van der Waals surface area contributed by atoms with E-state index in [9.17, 15) is 0 Å². The second-order valence-electron chi connectivity index (χ2n) is 3.95. The second-order valence-corrected chi connectivity index (χ2v) is 5.01. The molecule has 84 valence electrons. The van der Waals surface area contributed by atoms with Crippen molar-refractivity contribution >= 4 is 11.3 Å². The summed E-state index contributed by atoms with van der Waals surface area (Å²) in [7, 11) is 0. The molecule has 0 amide bonds. The molecule has 3 heteroatoms. The van der Waals surface area contributed by atoms with Crippen molar-refractivity contribution in [2.75, 3.05) is 0 Å². The largest absolute Gasteiger partial charge is 0.306 e. The smallest absolute Gasteiger partial charge is 0.0898 e. The van der Waals surface area contributed by atoms with Crippen LogP contribution >= 0.6 is 11.3 Å². The Hall–Kier alpha value is -0.670. The zero-order valence-electron chi connectivity index (χ0n) is 9.79. The fourth-order valence-electron chi connectivity index (χ4n) is 1.54. The Balaban J connectivity index is 2.41. The van der Waals surface area contributed by atoms with Crippen LogP contribution in [0.2, 0.25) is 0 Å². The Morgan fingerprint density at radius 3 is 2.87 bits per heavy atom. The fraction of sp³-hybridized carbons (Fsp3) is 0.583. The van der Waals surface area contributed by atoms with Crippen molar-refractivity contribution in [2.24, 2.45) is 0 Å². The number of nitrogens with one attached hydrogen (secondary N) is 1. The summed E-state index contributed by atoms with van der Waals surface area (Å²) in [5, 5.41) is 6.81. The first-order valence-electron chi connectivity index (χ1n) is 5.42. The van der Waals surface area contributed by atoms with E-state index < -0.39 is 0 Å². The van der Waals surface area contributed by atoms with Gasteiger partial charge in [0.2, 0.25) is 0 Å². The van der Waals surface area contributed by atoms with Gasteiger partial charge < -0.3 is 5.32 Å². The van der Waals surface area contributed by atoms with E-state index >= 15 is 0 Å². The molecule has 1 aromatic heterocycles. The molecule has 1 N–H and O–H groups in total. The van der Waals surface area contributed by atoms with Crippen LogP contribution in [0.5, 0.6) is 0 Å². The first-order valence-corrected chi connectivity index (χ1v) is 6.30. The normalized spacial score (nSPS) is 14.9. The minimum atomic E-state index is 0.342. The van der Waals surface area contributed by atoms with Gasteiger partial charge in [0.15, 0.2) is 0 Å². The van der Waals surface area contributed by atoms with Gasteiger partial charge in [-0.1, -0.05) is 6.08 Å². The van der Waals surface area contributed by atoms with Gasteiger partial charge in [0.25, 0.3) is 0 Å². The maximum absolute atomic E-state index is 4.48. The van der Waals surface area contributed by atoms with E-state index in [1.807, 2.05) is 13.0 Å². The van der Waals surface area contributed by atoms with Gasteiger partial charge in [-0.05, 0) is 33.6 Å². The SMILES string of the molecule is C=CCCC(C)NC(C)c1csc(C)n1. The lowest BCUT2D eigenvalue weighted by molar-refractivity contribution is 0.453. The van der Waals surface area contributed by atoms with E-state index in [4.69, 9.17) is 0 Å². The molecule has 0 radical (unpaired) electrons. The van der Waals surface area contributed by atoms with Crippen molar-refractivity contribution in [1.29, 1.82) is 0 Å². The predicted octanol–water partition coefficient (Wildman–Crippen LogP) is 3.46. The summed E-state index contributed by atoms with van der Waals surface area (Å²) in [5.41, 5.74) is 1.16. The Kier molecular flexibility index (Phi) is 4.99. The minimum absolute atomic E-state index is 0.342. The van der Waals surface area contributed by atoms with Crippen LogP contribution in [0.1, 0.15) is 43.4 Å². The second kappa shape index (κ2) is 6.03. The molecule has 2 unspecified atom stereocenters. The first kappa shape index (κ1) is 12.4. The van der Waals surface area contributed by atoms with E-state index in [1.165, 1.54) is 0 Å². The lowest BCUT2D eigenvalue weighted by Gasteiger charge is -2.17. The third-order valence-corrected chi connectivity index (χ3v) is 3.21. The van der Waals surface area contributed by atoms with Crippen LogP contribution < -0.4 is 5.32 Å². The fourth-order valence-corrected chi connectivity index (χ4v) is 2.25. The van der Waals surface area contributed by atoms with Crippen molar-refractivity contribution in [3.8, 4) is 0 Å². The summed E-state index contributed by atoms with van der Waals surface area (Å²) in [6.07, 6.45) is 4.17. The van der Waals surface area contributed by atoms with Crippen LogP contribution in [0.3, 0.4) is 0 Å². The molecule has 1 aromatic rings. The van der Waals surface area contributed by atoms with Gasteiger partial charge in [-0.2, -0.15) is 0 Å². The van der Waals surface area contributed by atoms with E-state index in [0.29, 0.717) is 12.1 Å². The summed E-state index contributed by atoms with van der Waals surface area (Å²) in [6.45, 7) is 10.2. The number of thiazole rings is 1. The molecule has 2 atom stereocenters. The molecular formula is C12H20N2S. The maximum atomic E-state index is 4.48. The number of rotatable bonds is 6. The maximum Gasteiger partial charge on any atom is 0.0898 e. The number of allylic oxidation sites excluding steroid dienone is 1. The number of aromatic nitrogens is 1. The quantitative estimate of drug-likeness (QED) is 0.749. The lowest BCUT2D eigenvalue weighted by Crippen LogP contribution is -2.28. The number of nitrogens with zero attached hydrogens (tertiary/aromatic N) is 1. The summed E-state index contributed by atoms with van der Waals surface area (Å²) in [4.78, 5) is 4.48. The highest BCUT2D eigenvalue weighted by atomic mass is 32.1. The zero-order valence-corrected chi connectivity index (χ0v) is 10.6. The Bertz CT molecular complexity index is 306. The lowest BCUT2D eigenvalue weighted by atomic mass is 10.1. The summed E-state index contributed by atoms with van der Waals surface area (Å²) in [5.74, 6) is 0. The zero-order chi connectivity index (χ0) is 11.3. The van der Waals surface area contributed by atoms with E-state index in [1.54, 1.807) is 11.3 Å². The van der Waals surface area contributed by atoms with Crippen LogP contribution in [-0.2, 0) is 0 Å². The van der Waals surface area contributed by atoms with Crippen LogP contribution in [0.25, 0.3) is 0 Å². The third-order valence-electron chi connectivity index (χ3n) is 2.42. The average molecular weight is 224 g/mol. The van der Waals surface area contributed by atoms with Gasteiger partial charge >= 0.3 is 0 Å². The van der Waals surface area contributed by atoms with Gasteiger partial charge in [-0.15, -0.1) is 17.9 Å². The molecule has 0 spiro atoms. The molecule has 0 aliphatic rings. The Labute approximate surface area is 96.4 Å². The van der Waals surface area contributed by atoms with Crippen LogP contribution in [0, 0.1) is 6.92 Å². The van der Waals surface area contributed by atoms with Gasteiger partial charge in [-0.25, -0.2) is 4.98 Å². The molecule has 1 rings (SSSR count). The minimum Gasteiger partial charge on any atom is -0.306 e. The Morgan fingerprint density at radius 1 is 1.60 bits per heavy atom. The number of hydrogen-bond donors (Lipinski definition) is 1. The van der Waals surface area contributed by atoms with E-state index in [0.717, 1.165) is 23.5 Å². The molecule has 0 aromatic carbocycles. The van der Waals surface area contributed by atoms with Crippen LogP contribution in [0.4, 0.5) is 0 Å². The molecule has 2 nitrogen and oxygen atoms in total. The molecule has 1 heterocycles. The predicted molar refractivity (Wildman–Crippen MR) is 67.3 cm³/mol. The van der Waals surface area contributed by atoms with Crippen molar-refractivity contribution in [2.45, 2.75) is 45.7 Å². The monoisotopic (exact) mass is 224 g/mol. The van der Waals surface area contributed by atoms with Gasteiger partial charge in [-0.3, -0.25) is 0 Å². The topological polar surface area (TPSA) is 24.9 Å². The Morgan fingerprint density at radius 2 is 2.33 bits per heavy atom. The summed E-state index contributed by atoms with van der Waals surface area (Å²) < 4.78 is 0. The molecular weight excluding hydrogens is 204 g/mol. The molecule has 0 bridgehead atoms. The number of aryl methyl sites for hydroxylation is 1. The van der Waals surface area contributed by atoms with Crippen molar-refractivity contribution < 1.29 is 0 Å². The van der Waals surface area contributed by atoms with E-state index in [2.05, 4.69) is 36.1 Å². The average Bonchev–Trinajstić information content (AvgIpc) is 2.61. The van der Waals surface area contributed by atoms with Gasteiger partial charge in [0.05, 0.1) is 10.7 Å². The molecule has 0 saturated heterocycles. The van der Waals surface area contributed by atoms with Gasteiger partial charge in [0.1, 0.15) is 0 Å². The molecule has 0 aliphatic carbocycles. The third kappa shape index (κ3) is 4.14. The molecule has 0 saturated carbocycles. The van der Waals surface area contributed by atoms with E-state index in [-0.39, 0.29) is 0 Å². The standard InChI is InChI=1S/C12H20N2S/c1-5-6-7-9(2)13-10(3)12-8-15-11(4)14-12/h5,8-10,13H,1,6-7H2,2-4H3. The van der Waals surface area contributed by atoms with Crippen molar-refractivity contribution in [3.63, 3.8) is 0 Å². The summed E-state index contributed by atoms with van der Waals surface area (Å²) in [6, 6.07) is 0.856. The van der Waals surface area contributed by atoms with Crippen LogP contribution in [-0.4, -0.2) is 11.0 Å². The van der Waals surface area contributed by atoms with Crippen molar-refractivity contribution in [1.82, 2.24) is 10.3 Å². The van der Waals surface area contributed by atoms with Gasteiger partial charge in [0, 0.05) is 17.5 Å². The molecule has 0 fully saturated rings. The number of hydrogen-bond acceptors (Lipinski definition) is 3. The van der Waals surface area contributed by atoms with Crippen LogP contribution in [0.15, 0.2) is 18.0 Å². The highest BCUT2D eigenvalue weighted by molar-refractivity contribution is 7.09. The summed E-state index contributed by atoms with van der Waals surface area (Å²) >= 11 is 1.71. The highest BCUT2D eigenvalue weighted by Gasteiger charge is 2.11. The highest BCUT2D eigenvalue weighted by Crippen LogP contribution is 2.16.